The lowest BCUT2D eigenvalue weighted by molar-refractivity contribution is 0.309. The first-order valence-electron chi connectivity index (χ1n) is 7.20. The second-order valence-corrected chi connectivity index (χ2v) is 7.51. The molecule has 24 heavy (non-hydrogen) atoms. The normalized spacial score (nSPS) is 13.4. The molecule has 0 aliphatic heterocycles. The highest BCUT2D eigenvalue weighted by molar-refractivity contribution is 7.91. The number of benzene rings is 1. The quantitative estimate of drug-likeness (QED) is 0.768. The first kappa shape index (κ1) is 16.2. The molecule has 1 atom stereocenters. The summed E-state index contributed by atoms with van der Waals surface area (Å²) in [6, 6.07) is 9.07. The van der Waals surface area contributed by atoms with Gasteiger partial charge in [0.2, 0.25) is 0 Å². The first-order chi connectivity index (χ1) is 11.5. The molecular formula is C17H17N3O3S. The number of ether oxygens (including phenoxy) is 2. The molecule has 0 saturated heterocycles. The highest BCUT2D eigenvalue weighted by Crippen LogP contribution is 2.27. The van der Waals surface area contributed by atoms with Crippen LogP contribution in [-0.2, 0) is 16.3 Å². The van der Waals surface area contributed by atoms with Crippen LogP contribution < -0.4 is 9.47 Å². The SMILES string of the molecule is COc1ccc2c(OCc3cncc(S(C)(=N)=O)c3)ccnc2c1. The maximum absolute atomic E-state index is 11.8. The summed E-state index contributed by atoms with van der Waals surface area (Å²) in [5, 5.41) is 0.877. The van der Waals surface area contributed by atoms with Crippen LogP contribution in [0.25, 0.3) is 10.9 Å². The van der Waals surface area contributed by atoms with E-state index < -0.39 is 9.73 Å². The molecule has 0 aliphatic carbocycles. The minimum atomic E-state index is -2.79. The molecule has 1 unspecified atom stereocenters. The van der Waals surface area contributed by atoms with Crippen LogP contribution in [0.1, 0.15) is 5.56 Å². The lowest BCUT2D eigenvalue weighted by atomic mass is 10.2. The van der Waals surface area contributed by atoms with Crippen LogP contribution in [-0.4, -0.2) is 27.5 Å². The van der Waals surface area contributed by atoms with Crippen LogP contribution in [0, 0.1) is 4.78 Å². The van der Waals surface area contributed by atoms with Crippen LogP contribution >= 0.6 is 0 Å². The Balaban J connectivity index is 1.86. The second-order valence-electron chi connectivity index (χ2n) is 5.35. The van der Waals surface area contributed by atoms with Crippen molar-refractivity contribution in [3.63, 3.8) is 0 Å². The Morgan fingerprint density at radius 2 is 2.04 bits per heavy atom. The van der Waals surface area contributed by atoms with Gasteiger partial charge in [-0.1, -0.05) is 0 Å². The third-order valence-electron chi connectivity index (χ3n) is 3.52. The van der Waals surface area contributed by atoms with Crippen LogP contribution in [0.4, 0.5) is 0 Å². The van der Waals surface area contributed by atoms with Crippen molar-refractivity contribution in [2.24, 2.45) is 0 Å². The van der Waals surface area contributed by atoms with E-state index in [0.29, 0.717) is 10.6 Å². The van der Waals surface area contributed by atoms with Gasteiger partial charge in [-0.05, 0) is 24.3 Å². The fourth-order valence-corrected chi connectivity index (χ4v) is 2.91. The average Bonchev–Trinajstić information content (AvgIpc) is 2.59. The molecule has 0 saturated carbocycles. The number of nitrogens with zero attached hydrogens (tertiary/aromatic N) is 2. The van der Waals surface area contributed by atoms with Gasteiger partial charge in [0.25, 0.3) is 0 Å². The Bertz CT molecular complexity index is 987. The monoisotopic (exact) mass is 343 g/mol. The van der Waals surface area contributed by atoms with Crippen LogP contribution in [0.5, 0.6) is 11.5 Å². The zero-order chi connectivity index (χ0) is 17.2. The number of fused-ring (bicyclic) bond motifs is 1. The fourth-order valence-electron chi connectivity index (χ4n) is 2.27. The van der Waals surface area contributed by atoms with Crippen molar-refractivity contribution in [1.29, 1.82) is 4.78 Å². The van der Waals surface area contributed by atoms with Gasteiger partial charge in [0.15, 0.2) is 0 Å². The van der Waals surface area contributed by atoms with Gasteiger partial charge in [-0.2, -0.15) is 0 Å². The van der Waals surface area contributed by atoms with Gasteiger partial charge in [0.05, 0.1) is 27.3 Å². The van der Waals surface area contributed by atoms with E-state index >= 15 is 0 Å². The standard InChI is InChI=1S/C17H17N3O3S/c1-22-13-3-4-15-16(8-13)20-6-5-17(15)23-11-12-7-14(10-19-9-12)24(2,18)21/h3-10,18H,11H2,1-2H3. The molecule has 0 amide bonds. The molecular weight excluding hydrogens is 326 g/mol. The molecule has 0 spiro atoms. The number of methoxy groups -OCH3 is 1. The summed E-state index contributed by atoms with van der Waals surface area (Å²) in [4.78, 5) is 8.75. The number of rotatable bonds is 5. The molecule has 0 bridgehead atoms. The first-order valence-corrected chi connectivity index (χ1v) is 9.17. The molecule has 0 fully saturated rings. The topological polar surface area (TPSA) is 85.2 Å². The van der Waals surface area contributed by atoms with E-state index in [1.807, 2.05) is 18.2 Å². The molecule has 2 aromatic heterocycles. The van der Waals surface area contributed by atoms with Crippen molar-refractivity contribution in [1.82, 2.24) is 9.97 Å². The Hall–Kier alpha value is -2.67. The average molecular weight is 343 g/mol. The van der Waals surface area contributed by atoms with Crippen molar-refractivity contribution in [3.05, 3.63) is 54.5 Å². The maximum Gasteiger partial charge on any atom is 0.130 e. The Kier molecular flexibility index (Phi) is 4.35. The highest BCUT2D eigenvalue weighted by atomic mass is 32.2. The van der Waals surface area contributed by atoms with Gasteiger partial charge in [0.1, 0.15) is 18.1 Å². The summed E-state index contributed by atoms with van der Waals surface area (Å²) >= 11 is 0. The van der Waals surface area contributed by atoms with Crippen LogP contribution in [0.15, 0.2) is 53.8 Å². The van der Waals surface area contributed by atoms with Gasteiger partial charge in [-0.3, -0.25) is 9.97 Å². The molecule has 7 heteroatoms. The lowest BCUT2D eigenvalue weighted by Crippen LogP contribution is -2.01. The van der Waals surface area contributed by atoms with Gasteiger partial charge in [-0.15, -0.1) is 0 Å². The molecule has 124 valence electrons. The molecule has 3 rings (SSSR count). The summed E-state index contributed by atoms with van der Waals surface area (Å²) in [7, 11) is -1.18. The second kappa shape index (κ2) is 6.45. The third-order valence-corrected chi connectivity index (χ3v) is 4.65. The summed E-state index contributed by atoms with van der Waals surface area (Å²) in [5.41, 5.74) is 1.54. The fraction of sp³-hybridized carbons (Fsp3) is 0.176. The number of nitrogens with one attached hydrogen (secondary N) is 1. The van der Waals surface area contributed by atoms with Gasteiger partial charge in [0, 0.05) is 41.9 Å². The zero-order valence-electron chi connectivity index (χ0n) is 13.4. The molecule has 0 aliphatic rings. The Morgan fingerprint density at radius 1 is 1.21 bits per heavy atom. The molecule has 1 aromatic carbocycles. The minimum Gasteiger partial charge on any atom is -0.497 e. The van der Waals surface area contributed by atoms with Gasteiger partial charge < -0.3 is 9.47 Å². The Labute approximate surface area is 140 Å². The number of hydrogen-bond acceptors (Lipinski definition) is 6. The van der Waals surface area contributed by atoms with Crippen LogP contribution in [0.2, 0.25) is 0 Å². The van der Waals surface area contributed by atoms with E-state index in [-0.39, 0.29) is 6.61 Å². The number of pyridine rings is 2. The molecule has 2 heterocycles. The summed E-state index contributed by atoms with van der Waals surface area (Å²) in [6.07, 6.45) is 6.14. The smallest absolute Gasteiger partial charge is 0.130 e. The van der Waals surface area contributed by atoms with E-state index in [4.69, 9.17) is 14.3 Å². The van der Waals surface area contributed by atoms with Crippen molar-refractivity contribution in [2.45, 2.75) is 11.5 Å². The minimum absolute atomic E-state index is 0.265. The summed E-state index contributed by atoms with van der Waals surface area (Å²) in [5.74, 6) is 1.42. The van der Waals surface area contributed by atoms with E-state index in [9.17, 15) is 4.21 Å². The van der Waals surface area contributed by atoms with Gasteiger partial charge in [-0.25, -0.2) is 8.99 Å². The molecule has 0 radical (unpaired) electrons. The van der Waals surface area contributed by atoms with E-state index in [1.165, 1.54) is 12.5 Å². The van der Waals surface area contributed by atoms with Gasteiger partial charge >= 0.3 is 0 Å². The van der Waals surface area contributed by atoms with Crippen molar-refractivity contribution in [3.8, 4) is 11.5 Å². The predicted octanol–water partition coefficient (Wildman–Crippen LogP) is 3.25. The van der Waals surface area contributed by atoms with E-state index in [1.54, 1.807) is 31.6 Å². The molecule has 6 nitrogen and oxygen atoms in total. The number of hydrogen-bond donors (Lipinski definition) is 1. The van der Waals surface area contributed by atoms with E-state index in [0.717, 1.165) is 22.2 Å². The summed E-state index contributed by atoms with van der Waals surface area (Å²) in [6.45, 7) is 0.265. The molecule has 3 aromatic rings. The highest BCUT2D eigenvalue weighted by Gasteiger charge is 2.08. The van der Waals surface area contributed by atoms with Crippen molar-refractivity contribution < 1.29 is 13.7 Å². The Morgan fingerprint density at radius 3 is 2.79 bits per heavy atom. The third kappa shape index (κ3) is 3.46. The summed E-state index contributed by atoms with van der Waals surface area (Å²) < 4.78 is 30.5. The van der Waals surface area contributed by atoms with Crippen molar-refractivity contribution >= 4 is 20.6 Å². The van der Waals surface area contributed by atoms with E-state index in [2.05, 4.69) is 9.97 Å². The van der Waals surface area contributed by atoms with Crippen LogP contribution in [0.3, 0.4) is 0 Å². The predicted molar refractivity (Wildman–Crippen MR) is 91.9 cm³/mol. The maximum atomic E-state index is 11.8. The van der Waals surface area contributed by atoms with Crippen molar-refractivity contribution in [2.75, 3.05) is 13.4 Å². The molecule has 1 N–H and O–H groups in total. The largest absolute Gasteiger partial charge is 0.497 e. The zero-order valence-corrected chi connectivity index (χ0v) is 14.2. The number of aromatic nitrogens is 2. The lowest BCUT2D eigenvalue weighted by Gasteiger charge is -2.10.